The molecule has 1 aliphatic heterocycles. The van der Waals surface area contributed by atoms with E-state index in [0.29, 0.717) is 5.56 Å². The molecule has 2 N–H and O–H groups in total. The maximum absolute atomic E-state index is 12.2. The number of hydrogen-bond acceptors (Lipinski definition) is 5. The topological polar surface area (TPSA) is 79.1 Å². The van der Waals surface area contributed by atoms with Crippen LogP contribution in [0.3, 0.4) is 0 Å². The summed E-state index contributed by atoms with van der Waals surface area (Å²) in [5.74, 6) is -0.614. The minimum absolute atomic E-state index is 0.0359. The zero-order valence-corrected chi connectivity index (χ0v) is 22.4. The Balaban J connectivity index is 0.000000216. The van der Waals surface area contributed by atoms with E-state index in [1.165, 1.54) is 37.8 Å². The van der Waals surface area contributed by atoms with Gasteiger partial charge in [-0.15, -0.1) is 0 Å². The van der Waals surface area contributed by atoms with E-state index in [1.807, 2.05) is 26.1 Å². The van der Waals surface area contributed by atoms with Gasteiger partial charge in [-0.2, -0.15) is 13.9 Å². The molecule has 5 rings (SSSR count). The highest BCUT2D eigenvalue weighted by Gasteiger charge is 2.16. The number of hydrogen-bond donors (Lipinski definition) is 2. The molecule has 10 heteroatoms. The Morgan fingerprint density at radius 2 is 1.68 bits per heavy atom. The Hall–Kier alpha value is -3.27. The van der Waals surface area contributed by atoms with Gasteiger partial charge in [0.15, 0.2) is 0 Å². The van der Waals surface area contributed by atoms with Crippen molar-refractivity contribution in [3.8, 4) is 5.75 Å². The van der Waals surface area contributed by atoms with Crippen molar-refractivity contribution in [2.75, 3.05) is 25.0 Å². The summed E-state index contributed by atoms with van der Waals surface area (Å²) >= 11 is 0. The van der Waals surface area contributed by atoms with Gasteiger partial charge < -0.3 is 20.1 Å². The van der Waals surface area contributed by atoms with Crippen LogP contribution in [0.15, 0.2) is 48.8 Å². The van der Waals surface area contributed by atoms with Gasteiger partial charge in [0.25, 0.3) is 5.91 Å². The van der Waals surface area contributed by atoms with Crippen LogP contribution in [-0.4, -0.2) is 53.5 Å². The third-order valence-electron chi connectivity index (χ3n) is 6.06. The number of benzene rings is 1. The normalized spacial score (nSPS) is 15.0. The molecule has 2 fully saturated rings. The van der Waals surface area contributed by atoms with Crippen molar-refractivity contribution in [2.24, 2.45) is 0 Å². The number of rotatable bonds is 4. The Morgan fingerprint density at radius 3 is 2.21 bits per heavy atom. The van der Waals surface area contributed by atoms with Crippen LogP contribution in [0.1, 0.15) is 69.2 Å². The standard InChI is InChI=1S/C13H16N4O.C7H5F3O.C6H12O.C2H6/c1-14-13(18)11-9-15-17-7-4-10(8-12(11)17)16-5-2-3-6-16;8-5-1-3-6(4-2-5)11-7(9)10;7-6-4-2-1-3-5-6;1-2/h4,7-9H,2-3,5-6H2,1H3,(H,14,18);1-4,7H;6-7H,1-5H2;1-2H3. The van der Waals surface area contributed by atoms with Crippen LogP contribution in [0, 0.1) is 5.82 Å². The third-order valence-corrected chi connectivity index (χ3v) is 6.06. The van der Waals surface area contributed by atoms with E-state index in [9.17, 15) is 18.0 Å². The van der Waals surface area contributed by atoms with Gasteiger partial charge in [-0.1, -0.05) is 33.1 Å². The largest absolute Gasteiger partial charge is 0.435 e. The van der Waals surface area contributed by atoms with E-state index in [2.05, 4.69) is 26.1 Å². The number of anilines is 1. The summed E-state index contributed by atoms with van der Waals surface area (Å²) in [6.45, 7) is 3.33. The smallest absolute Gasteiger partial charge is 0.387 e. The molecule has 38 heavy (non-hydrogen) atoms. The van der Waals surface area contributed by atoms with Gasteiger partial charge in [0.1, 0.15) is 11.6 Å². The maximum atomic E-state index is 12.2. The lowest BCUT2D eigenvalue weighted by atomic mass is 9.98. The molecular formula is C28H39F3N4O3. The molecule has 1 saturated carbocycles. The Kier molecular flexibility index (Phi) is 13.5. The molecule has 2 aliphatic rings. The van der Waals surface area contributed by atoms with Crippen LogP contribution in [0.5, 0.6) is 5.75 Å². The lowest BCUT2D eigenvalue weighted by molar-refractivity contribution is -0.0498. The number of aliphatic hydroxyl groups is 1. The number of ether oxygens (including phenoxy) is 1. The monoisotopic (exact) mass is 536 g/mol. The molecule has 0 atom stereocenters. The van der Waals surface area contributed by atoms with Crippen LogP contribution in [0.25, 0.3) is 5.52 Å². The molecular weight excluding hydrogens is 497 g/mol. The number of halogens is 3. The molecule has 0 bridgehead atoms. The van der Waals surface area contributed by atoms with E-state index in [0.717, 1.165) is 55.7 Å². The molecule has 0 radical (unpaired) electrons. The Morgan fingerprint density at radius 1 is 1.05 bits per heavy atom. The van der Waals surface area contributed by atoms with Gasteiger partial charge in [0, 0.05) is 32.0 Å². The molecule has 1 aromatic carbocycles. The Bertz CT molecular complexity index is 1080. The summed E-state index contributed by atoms with van der Waals surface area (Å²) in [5, 5.41) is 15.7. The van der Waals surface area contributed by atoms with Crippen molar-refractivity contribution in [2.45, 2.75) is 71.5 Å². The summed E-state index contributed by atoms with van der Waals surface area (Å²) in [5.41, 5.74) is 2.66. The van der Waals surface area contributed by atoms with Crippen molar-refractivity contribution in [1.29, 1.82) is 0 Å². The minimum atomic E-state index is -2.86. The van der Waals surface area contributed by atoms with Crippen LogP contribution >= 0.6 is 0 Å². The second-order valence-corrected chi connectivity index (χ2v) is 8.67. The summed E-state index contributed by atoms with van der Waals surface area (Å²) in [6, 6.07) is 8.49. The van der Waals surface area contributed by atoms with Gasteiger partial charge >= 0.3 is 6.61 Å². The molecule has 7 nitrogen and oxygen atoms in total. The first-order chi connectivity index (χ1) is 18.4. The number of nitrogens with zero attached hydrogens (tertiary/aromatic N) is 3. The highest BCUT2D eigenvalue weighted by atomic mass is 19.3. The number of nitrogens with one attached hydrogen (secondary N) is 1. The van der Waals surface area contributed by atoms with Gasteiger partial charge in [-0.25, -0.2) is 8.91 Å². The number of carbonyl (C=O) groups excluding carboxylic acids is 1. The number of aromatic nitrogens is 2. The van der Waals surface area contributed by atoms with Crippen molar-refractivity contribution in [3.05, 3.63) is 60.2 Å². The van der Waals surface area contributed by atoms with Crippen LogP contribution in [-0.2, 0) is 0 Å². The fourth-order valence-corrected chi connectivity index (χ4v) is 4.15. The fraction of sp³-hybridized carbons (Fsp3) is 0.500. The van der Waals surface area contributed by atoms with Gasteiger partial charge in [-0.3, -0.25) is 4.79 Å². The van der Waals surface area contributed by atoms with Gasteiger partial charge in [0.05, 0.1) is 23.4 Å². The summed E-state index contributed by atoms with van der Waals surface area (Å²) in [6.07, 6.45) is 11.9. The molecule has 3 heterocycles. The SMILES string of the molecule is CC.CNC(=O)c1cnn2ccc(N3CCCC3)cc12.Fc1ccc(OC(F)F)cc1.OC1CCCCC1. The number of carbonyl (C=O) groups is 1. The maximum Gasteiger partial charge on any atom is 0.387 e. The lowest BCUT2D eigenvalue weighted by Gasteiger charge is -2.17. The highest BCUT2D eigenvalue weighted by Crippen LogP contribution is 2.23. The van der Waals surface area contributed by atoms with E-state index < -0.39 is 12.4 Å². The predicted octanol–water partition coefficient (Wildman–Crippen LogP) is 6.06. The first-order valence-electron chi connectivity index (χ1n) is 13.2. The van der Waals surface area contributed by atoms with Crippen molar-refractivity contribution < 1.29 is 27.8 Å². The molecule has 0 unspecified atom stereocenters. The molecule has 1 amide bonds. The fourth-order valence-electron chi connectivity index (χ4n) is 4.15. The number of aliphatic hydroxyl groups excluding tert-OH is 1. The second kappa shape index (κ2) is 16.5. The molecule has 0 spiro atoms. The van der Waals surface area contributed by atoms with E-state index in [-0.39, 0.29) is 17.8 Å². The van der Waals surface area contributed by atoms with Crippen molar-refractivity contribution >= 4 is 17.1 Å². The molecule has 1 saturated heterocycles. The van der Waals surface area contributed by atoms with Crippen molar-refractivity contribution in [3.63, 3.8) is 0 Å². The summed E-state index contributed by atoms with van der Waals surface area (Å²) in [4.78, 5) is 14.1. The van der Waals surface area contributed by atoms with E-state index in [4.69, 9.17) is 5.11 Å². The van der Waals surface area contributed by atoms with Crippen molar-refractivity contribution in [1.82, 2.24) is 14.9 Å². The first kappa shape index (κ1) is 31.0. The Labute approximate surface area is 222 Å². The molecule has 1 aliphatic carbocycles. The zero-order chi connectivity index (χ0) is 27.9. The van der Waals surface area contributed by atoms with E-state index >= 15 is 0 Å². The van der Waals surface area contributed by atoms with Gasteiger partial charge in [-0.05, 0) is 62.1 Å². The van der Waals surface area contributed by atoms with Crippen LogP contribution in [0.4, 0.5) is 18.9 Å². The second-order valence-electron chi connectivity index (χ2n) is 8.67. The predicted molar refractivity (Wildman–Crippen MR) is 144 cm³/mol. The minimum Gasteiger partial charge on any atom is -0.435 e. The summed E-state index contributed by atoms with van der Waals surface area (Å²) in [7, 11) is 1.64. The third kappa shape index (κ3) is 9.89. The number of amides is 1. The number of pyridine rings is 1. The zero-order valence-electron chi connectivity index (χ0n) is 22.4. The van der Waals surface area contributed by atoms with Crippen LogP contribution in [0.2, 0.25) is 0 Å². The average molecular weight is 537 g/mol. The van der Waals surface area contributed by atoms with E-state index in [1.54, 1.807) is 17.8 Å². The molecule has 210 valence electrons. The number of fused-ring (bicyclic) bond motifs is 1. The van der Waals surface area contributed by atoms with Crippen LogP contribution < -0.4 is 15.0 Å². The first-order valence-corrected chi connectivity index (χ1v) is 13.2. The highest BCUT2D eigenvalue weighted by molar-refractivity contribution is 6.00. The lowest BCUT2D eigenvalue weighted by Crippen LogP contribution is -2.19. The average Bonchev–Trinajstić information content (AvgIpc) is 3.62. The quantitative estimate of drug-likeness (QED) is 0.424. The van der Waals surface area contributed by atoms with Gasteiger partial charge in [0.2, 0.25) is 0 Å². The number of alkyl halides is 2. The molecule has 2 aromatic heterocycles. The molecule has 3 aromatic rings. The summed E-state index contributed by atoms with van der Waals surface area (Å²) < 4.78 is 40.9.